The first-order chi connectivity index (χ1) is 11.1. The number of aromatic amines is 1. The summed E-state index contributed by atoms with van der Waals surface area (Å²) in [5.74, 6) is -0.216. The second-order valence-electron chi connectivity index (χ2n) is 5.84. The highest BCUT2D eigenvalue weighted by Gasteiger charge is 2.25. The molecule has 6 heteroatoms. The standard InChI is InChI=1S/C17H21N3O2S/c1-12(21)13-9-14(18-10-13)17(22)19-11-15(16-5-4-8-23-16)20-6-2-3-7-20/h4-5,8-10,15,18H,2-3,6-7,11H2,1H3,(H,19,22)/t15-/m0/s1. The second-order valence-corrected chi connectivity index (χ2v) is 6.82. The third kappa shape index (κ3) is 3.71. The first-order valence-corrected chi connectivity index (χ1v) is 8.78. The summed E-state index contributed by atoms with van der Waals surface area (Å²) in [6.45, 7) is 4.23. The van der Waals surface area contributed by atoms with E-state index < -0.39 is 0 Å². The molecule has 23 heavy (non-hydrogen) atoms. The molecule has 0 bridgehead atoms. The van der Waals surface area contributed by atoms with Crippen LogP contribution in [0.4, 0.5) is 0 Å². The van der Waals surface area contributed by atoms with Crippen molar-refractivity contribution in [3.63, 3.8) is 0 Å². The van der Waals surface area contributed by atoms with Gasteiger partial charge in [-0.15, -0.1) is 11.3 Å². The van der Waals surface area contributed by atoms with Crippen molar-refractivity contribution in [3.8, 4) is 0 Å². The first-order valence-electron chi connectivity index (χ1n) is 7.90. The molecule has 0 saturated carbocycles. The minimum Gasteiger partial charge on any atom is -0.356 e. The molecule has 3 heterocycles. The Bertz CT molecular complexity index is 672. The fraction of sp³-hybridized carbons (Fsp3) is 0.412. The lowest BCUT2D eigenvalue weighted by atomic mass is 10.2. The topological polar surface area (TPSA) is 65.2 Å². The van der Waals surface area contributed by atoms with Crippen molar-refractivity contribution in [2.75, 3.05) is 19.6 Å². The molecule has 1 atom stereocenters. The molecule has 1 amide bonds. The Kier molecular flexibility index (Phi) is 4.93. The number of nitrogens with one attached hydrogen (secondary N) is 2. The lowest BCUT2D eigenvalue weighted by molar-refractivity contribution is 0.0934. The number of rotatable bonds is 6. The summed E-state index contributed by atoms with van der Waals surface area (Å²) in [5, 5.41) is 5.07. The largest absolute Gasteiger partial charge is 0.356 e. The molecule has 1 aliphatic heterocycles. The summed E-state index contributed by atoms with van der Waals surface area (Å²) >= 11 is 1.73. The molecule has 5 nitrogen and oxygen atoms in total. The number of carbonyl (C=O) groups excluding carboxylic acids is 2. The van der Waals surface area contributed by atoms with Crippen LogP contribution >= 0.6 is 11.3 Å². The van der Waals surface area contributed by atoms with Crippen molar-refractivity contribution in [2.24, 2.45) is 0 Å². The number of nitrogens with zero attached hydrogens (tertiary/aromatic N) is 1. The van der Waals surface area contributed by atoms with Crippen LogP contribution in [-0.2, 0) is 0 Å². The Hall–Kier alpha value is -1.92. The van der Waals surface area contributed by atoms with E-state index in [4.69, 9.17) is 0 Å². The van der Waals surface area contributed by atoms with Gasteiger partial charge in [-0.05, 0) is 50.4 Å². The van der Waals surface area contributed by atoms with Crippen LogP contribution in [0.15, 0.2) is 29.8 Å². The molecule has 0 unspecified atom stereocenters. The molecule has 2 N–H and O–H groups in total. The number of carbonyl (C=O) groups is 2. The van der Waals surface area contributed by atoms with Crippen molar-refractivity contribution >= 4 is 23.0 Å². The molecule has 0 aliphatic carbocycles. The smallest absolute Gasteiger partial charge is 0.267 e. The number of ketones is 1. The highest BCUT2D eigenvalue weighted by molar-refractivity contribution is 7.10. The van der Waals surface area contributed by atoms with Crippen LogP contribution in [0.3, 0.4) is 0 Å². The zero-order chi connectivity index (χ0) is 16.2. The van der Waals surface area contributed by atoms with E-state index in [1.54, 1.807) is 23.6 Å². The molecule has 0 aromatic carbocycles. The fourth-order valence-corrected chi connectivity index (χ4v) is 3.82. The Morgan fingerprint density at radius 3 is 2.78 bits per heavy atom. The van der Waals surface area contributed by atoms with E-state index in [0.29, 0.717) is 17.8 Å². The van der Waals surface area contributed by atoms with Gasteiger partial charge >= 0.3 is 0 Å². The van der Waals surface area contributed by atoms with E-state index in [1.807, 2.05) is 0 Å². The Balaban J connectivity index is 1.65. The Morgan fingerprint density at radius 2 is 2.17 bits per heavy atom. The van der Waals surface area contributed by atoms with Gasteiger partial charge < -0.3 is 10.3 Å². The van der Waals surface area contributed by atoms with Gasteiger partial charge in [0.05, 0.1) is 6.04 Å². The maximum absolute atomic E-state index is 12.3. The van der Waals surface area contributed by atoms with Gasteiger partial charge in [-0.25, -0.2) is 0 Å². The fourth-order valence-electron chi connectivity index (χ4n) is 2.96. The molecule has 0 radical (unpaired) electrons. The van der Waals surface area contributed by atoms with Crippen LogP contribution in [0.5, 0.6) is 0 Å². The number of likely N-dealkylation sites (tertiary alicyclic amines) is 1. The van der Waals surface area contributed by atoms with Gasteiger partial charge in [-0.2, -0.15) is 0 Å². The van der Waals surface area contributed by atoms with Crippen LogP contribution in [0.1, 0.15) is 51.5 Å². The van der Waals surface area contributed by atoms with E-state index in [2.05, 4.69) is 32.7 Å². The summed E-state index contributed by atoms with van der Waals surface area (Å²) < 4.78 is 0. The normalized spacial score (nSPS) is 16.4. The van der Waals surface area contributed by atoms with Crippen molar-refractivity contribution in [1.29, 1.82) is 0 Å². The molecule has 0 spiro atoms. The van der Waals surface area contributed by atoms with Crippen molar-refractivity contribution in [3.05, 3.63) is 45.9 Å². The highest BCUT2D eigenvalue weighted by Crippen LogP contribution is 2.27. The van der Waals surface area contributed by atoms with Gasteiger partial charge in [0, 0.05) is 23.2 Å². The molecule has 2 aromatic rings. The van der Waals surface area contributed by atoms with Crippen LogP contribution in [0.2, 0.25) is 0 Å². The molecule has 1 fully saturated rings. The van der Waals surface area contributed by atoms with E-state index >= 15 is 0 Å². The summed E-state index contributed by atoms with van der Waals surface area (Å²) in [4.78, 5) is 30.2. The zero-order valence-corrected chi connectivity index (χ0v) is 14.0. The Labute approximate surface area is 139 Å². The van der Waals surface area contributed by atoms with E-state index in [9.17, 15) is 9.59 Å². The number of hydrogen-bond donors (Lipinski definition) is 2. The summed E-state index contributed by atoms with van der Waals surface area (Å²) in [5.41, 5.74) is 0.964. The average Bonchev–Trinajstić information content (AvgIpc) is 3.29. The van der Waals surface area contributed by atoms with Gasteiger partial charge in [0.1, 0.15) is 5.69 Å². The van der Waals surface area contributed by atoms with Crippen molar-refractivity contribution in [2.45, 2.75) is 25.8 Å². The van der Waals surface area contributed by atoms with Gasteiger partial charge in [0.2, 0.25) is 0 Å². The monoisotopic (exact) mass is 331 g/mol. The number of thiophene rings is 1. The zero-order valence-electron chi connectivity index (χ0n) is 13.2. The van der Waals surface area contributed by atoms with Crippen molar-refractivity contribution in [1.82, 2.24) is 15.2 Å². The minimum absolute atomic E-state index is 0.0474. The van der Waals surface area contributed by atoms with Crippen LogP contribution in [0.25, 0.3) is 0 Å². The number of amides is 1. The lowest BCUT2D eigenvalue weighted by Gasteiger charge is -2.26. The number of aromatic nitrogens is 1. The second kappa shape index (κ2) is 7.10. The molecule has 122 valence electrons. The lowest BCUT2D eigenvalue weighted by Crippen LogP contribution is -2.36. The third-order valence-corrected chi connectivity index (χ3v) is 5.22. The maximum atomic E-state index is 12.3. The predicted octanol–water partition coefficient (Wildman–Crippen LogP) is 2.85. The van der Waals surface area contributed by atoms with Crippen LogP contribution in [0, 0.1) is 0 Å². The van der Waals surface area contributed by atoms with E-state index in [-0.39, 0.29) is 17.7 Å². The van der Waals surface area contributed by atoms with Gasteiger partial charge in [-0.3, -0.25) is 14.5 Å². The van der Waals surface area contributed by atoms with Crippen LogP contribution < -0.4 is 5.32 Å². The summed E-state index contributed by atoms with van der Waals surface area (Å²) in [6, 6.07) is 6.01. The molecule has 1 aliphatic rings. The number of H-pyrrole nitrogens is 1. The summed E-state index contributed by atoms with van der Waals surface area (Å²) in [7, 11) is 0. The Morgan fingerprint density at radius 1 is 1.39 bits per heavy atom. The first kappa shape index (κ1) is 16.0. The average molecular weight is 331 g/mol. The number of Topliss-reactive ketones (excluding diaryl/α,β-unsaturated/α-hetero) is 1. The number of hydrogen-bond acceptors (Lipinski definition) is 4. The molecule has 1 saturated heterocycles. The van der Waals surface area contributed by atoms with E-state index in [1.165, 1.54) is 24.6 Å². The predicted molar refractivity (Wildman–Crippen MR) is 91.0 cm³/mol. The molecular weight excluding hydrogens is 310 g/mol. The van der Waals surface area contributed by atoms with Crippen LogP contribution in [-0.4, -0.2) is 41.2 Å². The van der Waals surface area contributed by atoms with Gasteiger partial charge in [-0.1, -0.05) is 6.07 Å². The SMILES string of the molecule is CC(=O)c1c[nH]c(C(=O)NC[C@@H](c2cccs2)N2CCCC2)c1. The molecular formula is C17H21N3O2S. The van der Waals surface area contributed by atoms with Gasteiger partial charge in [0.15, 0.2) is 5.78 Å². The molecule has 3 rings (SSSR count). The summed E-state index contributed by atoms with van der Waals surface area (Å²) in [6.07, 6.45) is 4.01. The highest BCUT2D eigenvalue weighted by atomic mass is 32.1. The maximum Gasteiger partial charge on any atom is 0.267 e. The molecule has 2 aromatic heterocycles. The van der Waals surface area contributed by atoms with E-state index in [0.717, 1.165) is 13.1 Å². The van der Waals surface area contributed by atoms with Crippen molar-refractivity contribution < 1.29 is 9.59 Å². The quantitative estimate of drug-likeness (QED) is 0.800. The van der Waals surface area contributed by atoms with Gasteiger partial charge in [0.25, 0.3) is 5.91 Å². The third-order valence-electron chi connectivity index (χ3n) is 4.24. The minimum atomic E-state index is -0.168.